The molecule has 0 heterocycles. The van der Waals surface area contributed by atoms with Crippen LogP contribution >= 0.6 is 0 Å². The van der Waals surface area contributed by atoms with E-state index in [4.69, 9.17) is 0 Å². The maximum absolute atomic E-state index is 3.50. The zero-order chi connectivity index (χ0) is 9.80. The summed E-state index contributed by atoms with van der Waals surface area (Å²) in [6, 6.07) is 0.617. The normalized spacial score (nSPS) is 30.5. The number of hydrogen-bond acceptors (Lipinski definition) is 1. The Labute approximate surface area is 85.9 Å². The van der Waals surface area contributed by atoms with E-state index in [1.165, 1.54) is 17.6 Å². The Balaban J connectivity index is 2.26. The molecule has 0 aromatic carbocycles. The van der Waals surface area contributed by atoms with Gasteiger partial charge in [0.25, 0.3) is 0 Å². The van der Waals surface area contributed by atoms with Gasteiger partial charge in [0, 0.05) is 6.04 Å². The molecule has 14 heavy (non-hydrogen) atoms. The molecule has 2 aliphatic rings. The third-order valence-corrected chi connectivity index (χ3v) is 2.87. The summed E-state index contributed by atoms with van der Waals surface area (Å²) in [6.45, 7) is 0. The van der Waals surface area contributed by atoms with Crippen LogP contribution in [0.3, 0.4) is 0 Å². The van der Waals surface area contributed by atoms with Crippen molar-refractivity contribution in [3.63, 3.8) is 0 Å². The van der Waals surface area contributed by atoms with E-state index in [9.17, 15) is 0 Å². The second kappa shape index (κ2) is 4.45. The molecule has 0 amide bonds. The highest BCUT2D eigenvalue weighted by Gasteiger charge is 2.12. The highest BCUT2D eigenvalue weighted by atomic mass is 14.9. The molecule has 2 aliphatic carbocycles. The Morgan fingerprint density at radius 1 is 1.29 bits per heavy atom. The van der Waals surface area contributed by atoms with Crippen LogP contribution in [0.2, 0.25) is 0 Å². The molecule has 0 saturated carbocycles. The number of hydrogen-bond donors (Lipinski definition) is 1. The summed E-state index contributed by atoms with van der Waals surface area (Å²) in [7, 11) is 2.05. The van der Waals surface area contributed by atoms with Crippen molar-refractivity contribution >= 4 is 0 Å². The quantitative estimate of drug-likeness (QED) is 0.622. The van der Waals surface area contributed by atoms with Crippen LogP contribution in [0.1, 0.15) is 25.7 Å². The minimum absolute atomic E-state index is 0.617. The second-order valence-corrected chi connectivity index (χ2v) is 3.94. The van der Waals surface area contributed by atoms with Crippen LogP contribution in [0.4, 0.5) is 0 Å². The molecule has 0 aromatic rings. The molecule has 1 heteroatoms. The largest absolute Gasteiger partial charge is 0.317 e. The van der Waals surface area contributed by atoms with Gasteiger partial charge in [-0.15, -0.1) is 5.73 Å². The maximum Gasteiger partial charge on any atom is 0.0114 e. The fourth-order valence-corrected chi connectivity index (χ4v) is 2.00. The second-order valence-electron chi connectivity index (χ2n) is 3.94. The van der Waals surface area contributed by atoms with Gasteiger partial charge in [-0.05, 0) is 43.9 Å². The average molecular weight is 187 g/mol. The summed E-state index contributed by atoms with van der Waals surface area (Å²) in [5.41, 5.74) is 6.21. The van der Waals surface area contributed by atoms with Crippen molar-refractivity contribution in [2.24, 2.45) is 0 Å². The van der Waals surface area contributed by atoms with E-state index in [-0.39, 0.29) is 0 Å². The van der Waals surface area contributed by atoms with Crippen molar-refractivity contribution in [2.45, 2.75) is 31.7 Å². The van der Waals surface area contributed by atoms with Gasteiger partial charge in [-0.3, -0.25) is 0 Å². The molecule has 1 atom stereocenters. The first kappa shape index (κ1) is 9.51. The van der Waals surface area contributed by atoms with Crippen LogP contribution < -0.4 is 5.32 Å². The standard InChI is InChI=1S/C13H17N/c1-14-13-8-7-11-5-3-2-4-6-12(9-11)10-13/h3-6,13-14H,2,7-8,10H2,1H3/b5-3-,6-4-. The van der Waals surface area contributed by atoms with Crippen molar-refractivity contribution in [1.29, 1.82) is 0 Å². The van der Waals surface area contributed by atoms with Gasteiger partial charge in [0.2, 0.25) is 0 Å². The molecule has 0 aliphatic heterocycles. The fourth-order valence-electron chi connectivity index (χ4n) is 2.00. The lowest BCUT2D eigenvalue weighted by molar-refractivity contribution is 0.528. The summed E-state index contributed by atoms with van der Waals surface area (Å²) in [6.07, 6.45) is 13.4. The van der Waals surface area contributed by atoms with Crippen LogP contribution in [-0.2, 0) is 0 Å². The molecule has 0 saturated heterocycles. The van der Waals surface area contributed by atoms with Crippen molar-refractivity contribution in [3.05, 3.63) is 41.2 Å². The van der Waals surface area contributed by atoms with E-state index >= 15 is 0 Å². The third-order valence-electron chi connectivity index (χ3n) is 2.87. The topological polar surface area (TPSA) is 12.0 Å². The van der Waals surface area contributed by atoms with Crippen molar-refractivity contribution in [2.75, 3.05) is 7.05 Å². The summed E-state index contributed by atoms with van der Waals surface area (Å²) in [5.74, 6) is 0. The van der Waals surface area contributed by atoms with Gasteiger partial charge in [-0.25, -0.2) is 0 Å². The summed E-state index contributed by atoms with van der Waals surface area (Å²) >= 11 is 0. The minimum Gasteiger partial charge on any atom is -0.317 e. The SMILES string of the molecule is CNC1CCC2=C=C(/C=C\C/C=C\2)C1. The first-order chi connectivity index (χ1) is 6.88. The molecular formula is C13H17N. The van der Waals surface area contributed by atoms with Gasteiger partial charge >= 0.3 is 0 Å². The lowest BCUT2D eigenvalue weighted by Crippen LogP contribution is -2.24. The van der Waals surface area contributed by atoms with Crippen LogP contribution in [0.5, 0.6) is 0 Å². The van der Waals surface area contributed by atoms with Gasteiger partial charge in [0.05, 0.1) is 0 Å². The van der Waals surface area contributed by atoms with Crippen LogP contribution in [0.15, 0.2) is 41.2 Å². The van der Waals surface area contributed by atoms with E-state index in [0.29, 0.717) is 6.04 Å². The molecule has 0 radical (unpaired) electrons. The first-order valence-corrected chi connectivity index (χ1v) is 5.37. The smallest absolute Gasteiger partial charge is 0.0114 e. The molecule has 1 N–H and O–H groups in total. The maximum atomic E-state index is 3.50. The molecule has 1 unspecified atom stereocenters. The molecule has 74 valence electrons. The Morgan fingerprint density at radius 3 is 2.86 bits per heavy atom. The Bertz CT molecular complexity index is 327. The van der Waals surface area contributed by atoms with Crippen molar-refractivity contribution in [1.82, 2.24) is 5.32 Å². The van der Waals surface area contributed by atoms with E-state index in [1.54, 1.807) is 0 Å². The third kappa shape index (κ3) is 2.25. The van der Waals surface area contributed by atoms with Crippen LogP contribution in [0, 0.1) is 0 Å². The first-order valence-electron chi connectivity index (χ1n) is 5.37. The van der Waals surface area contributed by atoms with E-state index in [1.807, 2.05) is 7.05 Å². The Morgan fingerprint density at radius 2 is 2.07 bits per heavy atom. The lowest BCUT2D eigenvalue weighted by Gasteiger charge is -2.13. The number of rotatable bonds is 1. The Hall–Kier alpha value is -1.04. The molecule has 0 fully saturated rings. The van der Waals surface area contributed by atoms with Crippen molar-refractivity contribution < 1.29 is 0 Å². The predicted molar refractivity (Wildman–Crippen MR) is 60.1 cm³/mol. The van der Waals surface area contributed by atoms with Gasteiger partial charge in [0.15, 0.2) is 0 Å². The number of nitrogens with one attached hydrogen (secondary N) is 1. The van der Waals surface area contributed by atoms with Gasteiger partial charge in [-0.1, -0.05) is 24.3 Å². The Kier molecular flexibility index (Phi) is 3.03. The molecular weight excluding hydrogens is 170 g/mol. The van der Waals surface area contributed by atoms with E-state index in [0.717, 1.165) is 19.3 Å². The highest BCUT2D eigenvalue weighted by Crippen LogP contribution is 2.21. The average Bonchev–Trinajstić information content (AvgIpc) is 2.37. The highest BCUT2D eigenvalue weighted by molar-refractivity contribution is 5.31. The summed E-state index contributed by atoms with van der Waals surface area (Å²) < 4.78 is 0. The zero-order valence-corrected chi connectivity index (χ0v) is 8.72. The summed E-state index contributed by atoms with van der Waals surface area (Å²) in [5, 5.41) is 3.37. The van der Waals surface area contributed by atoms with E-state index in [2.05, 4.69) is 35.4 Å². The predicted octanol–water partition coefficient (Wildman–Crippen LogP) is 2.73. The summed E-state index contributed by atoms with van der Waals surface area (Å²) in [4.78, 5) is 0. The van der Waals surface area contributed by atoms with Crippen molar-refractivity contribution in [3.8, 4) is 0 Å². The van der Waals surface area contributed by atoms with E-state index < -0.39 is 0 Å². The molecule has 0 aromatic heterocycles. The minimum atomic E-state index is 0.617. The van der Waals surface area contributed by atoms with Gasteiger partial charge in [0.1, 0.15) is 0 Å². The van der Waals surface area contributed by atoms with Crippen LogP contribution in [0.25, 0.3) is 0 Å². The monoisotopic (exact) mass is 187 g/mol. The van der Waals surface area contributed by atoms with Crippen LogP contribution in [-0.4, -0.2) is 13.1 Å². The molecule has 1 nitrogen and oxygen atoms in total. The number of allylic oxidation sites excluding steroid dienone is 4. The molecule has 2 rings (SSSR count). The van der Waals surface area contributed by atoms with Gasteiger partial charge in [-0.2, -0.15) is 0 Å². The molecule has 2 bridgehead atoms. The zero-order valence-electron chi connectivity index (χ0n) is 8.72. The van der Waals surface area contributed by atoms with Gasteiger partial charge < -0.3 is 5.32 Å². The lowest BCUT2D eigenvalue weighted by atomic mass is 10.0. The fraction of sp³-hybridized carbons (Fsp3) is 0.462. The molecule has 0 spiro atoms.